The lowest BCUT2D eigenvalue weighted by Gasteiger charge is -2.31. The maximum Gasteiger partial charge on any atom is 0.325 e. The number of urea groups is 1. The third-order valence-corrected chi connectivity index (χ3v) is 4.77. The third-order valence-electron chi connectivity index (χ3n) is 4.08. The van der Waals surface area contributed by atoms with Crippen LogP contribution in [0.25, 0.3) is 0 Å². The fourth-order valence-electron chi connectivity index (χ4n) is 2.91. The van der Waals surface area contributed by atoms with Gasteiger partial charge in [0.1, 0.15) is 12.1 Å². The van der Waals surface area contributed by atoms with Gasteiger partial charge in [0.2, 0.25) is 5.91 Å². The standard InChI is InChI=1S/C15H17BrN4O3/c16-10-4-1-2-5-11(10)18-12(21)8-20-13(22)15(19-14(20)23)6-3-7-17-9-15/h1-2,4-5,17H,3,6-9H2,(H,18,21)(H,19,23). The van der Waals surface area contributed by atoms with Crippen LogP contribution in [0.3, 0.4) is 0 Å². The van der Waals surface area contributed by atoms with E-state index in [0.717, 1.165) is 22.3 Å². The van der Waals surface area contributed by atoms with Crippen molar-refractivity contribution in [3.05, 3.63) is 28.7 Å². The summed E-state index contributed by atoms with van der Waals surface area (Å²) in [5.74, 6) is -0.752. The lowest BCUT2D eigenvalue weighted by molar-refractivity contribution is -0.134. The van der Waals surface area contributed by atoms with Gasteiger partial charge < -0.3 is 16.0 Å². The lowest BCUT2D eigenvalue weighted by atomic mass is 9.90. The van der Waals surface area contributed by atoms with Crippen LogP contribution in [0.15, 0.2) is 28.7 Å². The van der Waals surface area contributed by atoms with Gasteiger partial charge in [-0.3, -0.25) is 14.5 Å². The van der Waals surface area contributed by atoms with Gasteiger partial charge in [-0.2, -0.15) is 0 Å². The van der Waals surface area contributed by atoms with Gasteiger partial charge in [-0.1, -0.05) is 12.1 Å². The number of imide groups is 1. The molecule has 1 atom stereocenters. The molecule has 0 aromatic heterocycles. The number of piperidine rings is 1. The molecule has 0 bridgehead atoms. The van der Waals surface area contributed by atoms with E-state index in [0.29, 0.717) is 18.7 Å². The van der Waals surface area contributed by atoms with Gasteiger partial charge in [-0.15, -0.1) is 0 Å². The third kappa shape index (κ3) is 3.09. The summed E-state index contributed by atoms with van der Waals surface area (Å²) in [4.78, 5) is 37.8. The van der Waals surface area contributed by atoms with Crippen LogP contribution >= 0.6 is 15.9 Å². The molecule has 1 aromatic carbocycles. The first-order valence-corrected chi connectivity index (χ1v) is 8.20. The molecule has 7 nitrogen and oxygen atoms in total. The van der Waals surface area contributed by atoms with Gasteiger partial charge in [0.05, 0.1) is 5.69 Å². The molecule has 2 saturated heterocycles. The zero-order chi connectivity index (χ0) is 16.4. The van der Waals surface area contributed by atoms with Gasteiger partial charge in [-0.25, -0.2) is 4.79 Å². The van der Waals surface area contributed by atoms with Crippen molar-refractivity contribution in [3.8, 4) is 0 Å². The normalized spacial score (nSPS) is 24.0. The highest BCUT2D eigenvalue weighted by Crippen LogP contribution is 2.25. The van der Waals surface area contributed by atoms with Crippen LogP contribution in [0, 0.1) is 0 Å². The molecule has 3 N–H and O–H groups in total. The average molecular weight is 381 g/mol. The highest BCUT2D eigenvalue weighted by Gasteiger charge is 2.51. The number of hydrogen-bond donors (Lipinski definition) is 3. The van der Waals surface area contributed by atoms with E-state index in [2.05, 4.69) is 31.9 Å². The van der Waals surface area contributed by atoms with Crippen molar-refractivity contribution >= 4 is 39.5 Å². The van der Waals surface area contributed by atoms with Crippen molar-refractivity contribution in [1.29, 1.82) is 0 Å². The summed E-state index contributed by atoms with van der Waals surface area (Å²) in [7, 11) is 0. The zero-order valence-corrected chi connectivity index (χ0v) is 14.0. The molecule has 0 radical (unpaired) electrons. The minimum Gasteiger partial charge on any atom is -0.324 e. The number of halogens is 1. The van der Waals surface area contributed by atoms with Crippen molar-refractivity contribution in [2.75, 3.05) is 25.0 Å². The van der Waals surface area contributed by atoms with Gasteiger partial charge in [0.25, 0.3) is 5.91 Å². The van der Waals surface area contributed by atoms with E-state index in [1.807, 2.05) is 6.07 Å². The van der Waals surface area contributed by atoms with Gasteiger partial charge in [0.15, 0.2) is 0 Å². The Balaban J connectivity index is 1.68. The predicted octanol–water partition coefficient (Wildman–Crippen LogP) is 1.06. The van der Waals surface area contributed by atoms with Crippen molar-refractivity contribution in [2.45, 2.75) is 18.4 Å². The minimum atomic E-state index is -0.900. The first-order chi connectivity index (χ1) is 11.0. The second kappa shape index (κ2) is 6.29. The molecule has 3 rings (SSSR count). The molecule has 2 heterocycles. The monoisotopic (exact) mass is 380 g/mol. The number of hydrogen-bond acceptors (Lipinski definition) is 4. The number of rotatable bonds is 3. The van der Waals surface area contributed by atoms with Crippen molar-refractivity contribution < 1.29 is 14.4 Å². The fourth-order valence-corrected chi connectivity index (χ4v) is 3.29. The number of para-hydroxylation sites is 1. The van der Waals surface area contributed by atoms with E-state index in [1.54, 1.807) is 18.2 Å². The Morgan fingerprint density at radius 2 is 2.13 bits per heavy atom. The Labute approximate surface area is 141 Å². The van der Waals surface area contributed by atoms with E-state index in [1.165, 1.54) is 0 Å². The molecular weight excluding hydrogens is 364 g/mol. The number of nitrogens with one attached hydrogen (secondary N) is 3. The Morgan fingerprint density at radius 3 is 2.83 bits per heavy atom. The smallest absolute Gasteiger partial charge is 0.324 e. The Hall–Kier alpha value is -1.93. The average Bonchev–Trinajstić information content (AvgIpc) is 2.75. The molecule has 8 heteroatoms. The van der Waals surface area contributed by atoms with Crippen LogP contribution < -0.4 is 16.0 Å². The number of anilines is 1. The van der Waals surface area contributed by atoms with Gasteiger partial charge in [0, 0.05) is 11.0 Å². The second-order valence-electron chi connectivity index (χ2n) is 5.71. The molecule has 2 aliphatic rings. The Kier molecular flexibility index (Phi) is 4.36. The molecule has 0 aliphatic carbocycles. The number of carbonyl (C=O) groups is 3. The first-order valence-electron chi connectivity index (χ1n) is 7.41. The SMILES string of the molecule is O=C(CN1C(=O)NC2(CCCNC2)C1=O)Nc1ccccc1Br. The quantitative estimate of drug-likeness (QED) is 0.683. The maximum absolute atomic E-state index is 12.6. The molecule has 1 spiro atoms. The first kappa shape index (κ1) is 15.9. The fraction of sp³-hybridized carbons (Fsp3) is 0.400. The topological polar surface area (TPSA) is 90.5 Å². The molecule has 0 saturated carbocycles. The Bertz CT molecular complexity index is 658. The summed E-state index contributed by atoms with van der Waals surface area (Å²) in [6, 6.07) is 6.64. The highest BCUT2D eigenvalue weighted by atomic mass is 79.9. The number of carbonyl (C=O) groups excluding carboxylic acids is 3. The lowest BCUT2D eigenvalue weighted by Crippen LogP contribution is -2.57. The number of nitrogens with zero attached hydrogens (tertiary/aromatic N) is 1. The maximum atomic E-state index is 12.6. The largest absolute Gasteiger partial charge is 0.325 e. The van der Waals surface area contributed by atoms with E-state index in [-0.39, 0.29) is 12.5 Å². The summed E-state index contributed by atoms with van der Waals surface area (Å²) < 4.78 is 0.735. The summed E-state index contributed by atoms with van der Waals surface area (Å²) in [5, 5.41) is 8.55. The van der Waals surface area contributed by atoms with Crippen molar-refractivity contribution in [1.82, 2.24) is 15.5 Å². The molecule has 122 valence electrons. The molecule has 1 aromatic rings. The highest BCUT2D eigenvalue weighted by molar-refractivity contribution is 9.10. The minimum absolute atomic E-state index is 0.298. The van der Waals surface area contributed by atoms with Gasteiger partial charge in [-0.05, 0) is 47.4 Å². The molecule has 1 unspecified atom stereocenters. The second-order valence-corrected chi connectivity index (χ2v) is 6.57. The predicted molar refractivity (Wildman–Crippen MR) is 87.9 cm³/mol. The van der Waals surface area contributed by atoms with Crippen molar-refractivity contribution in [2.24, 2.45) is 0 Å². The van der Waals surface area contributed by atoms with Crippen LogP contribution in [-0.2, 0) is 9.59 Å². The summed E-state index contributed by atoms with van der Waals surface area (Å²) >= 11 is 3.34. The Morgan fingerprint density at radius 1 is 1.35 bits per heavy atom. The van der Waals surface area contributed by atoms with Crippen LogP contribution in [-0.4, -0.2) is 47.9 Å². The number of amides is 4. The van der Waals surface area contributed by atoms with E-state index < -0.39 is 17.5 Å². The van der Waals surface area contributed by atoms with E-state index in [9.17, 15) is 14.4 Å². The zero-order valence-electron chi connectivity index (χ0n) is 12.4. The summed E-state index contributed by atoms with van der Waals surface area (Å²) in [5.41, 5.74) is -0.304. The summed E-state index contributed by atoms with van der Waals surface area (Å²) in [6.45, 7) is 0.932. The molecular formula is C15H17BrN4O3. The van der Waals surface area contributed by atoms with Crippen LogP contribution in [0.1, 0.15) is 12.8 Å². The molecule has 4 amide bonds. The van der Waals surface area contributed by atoms with Crippen molar-refractivity contribution in [3.63, 3.8) is 0 Å². The van der Waals surface area contributed by atoms with Gasteiger partial charge >= 0.3 is 6.03 Å². The molecule has 2 fully saturated rings. The summed E-state index contributed by atoms with van der Waals surface area (Å²) in [6.07, 6.45) is 1.40. The molecule has 2 aliphatic heterocycles. The van der Waals surface area contributed by atoms with Crippen LogP contribution in [0.5, 0.6) is 0 Å². The van der Waals surface area contributed by atoms with E-state index >= 15 is 0 Å². The van der Waals surface area contributed by atoms with E-state index in [4.69, 9.17) is 0 Å². The number of benzene rings is 1. The van der Waals surface area contributed by atoms with Crippen LogP contribution in [0.2, 0.25) is 0 Å². The molecule has 23 heavy (non-hydrogen) atoms. The van der Waals surface area contributed by atoms with Crippen LogP contribution in [0.4, 0.5) is 10.5 Å².